The van der Waals surface area contributed by atoms with Crippen LogP contribution < -0.4 is 4.90 Å². The van der Waals surface area contributed by atoms with Crippen molar-refractivity contribution in [3.05, 3.63) is 40.4 Å². The van der Waals surface area contributed by atoms with Gasteiger partial charge < -0.3 is 0 Å². The van der Waals surface area contributed by atoms with Crippen molar-refractivity contribution in [1.82, 2.24) is 0 Å². The summed E-state index contributed by atoms with van der Waals surface area (Å²) in [6.07, 6.45) is 5.49. The maximum Gasteiger partial charge on any atom is 0.238 e. The average Bonchev–Trinajstić information content (AvgIpc) is 3.26. The number of carbonyl (C=O) groups is 2. The Hall–Kier alpha value is -1.32. The van der Waals surface area contributed by atoms with E-state index in [-0.39, 0.29) is 35.5 Å². The number of hydrogen-bond donors (Lipinski definition) is 0. The Morgan fingerprint density at radius 3 is 2.09 bits per heavy atom. The molecule has 0 N–H and O–H groups in total. The lowest BCUT2D eigenvalue weighted by Gasteiger charge is -2.37. The molecule has 6 atom stereocenters. The number of allylic oxidation sites excluding steroid dienone is 2. The average molecular weight is 334 g/mol. The van der Waals surface area contributed by atoms with Crippen LogP contribution in [-0.2, 0) is 9.59 Å². The molecule has 0 radical (unpaired) electrons. The SMILES string of the molecule is O=C1C2C3C=CC(C4CC34)C2C(=O)N1c1ccc(Cl)cc1Cl. The lowest BCUT2D eigenvalue weighted by molar-refractivity contribution is -0.124. The molecule has 2 bridgehead atoms. The highest BCUT2D eigenvalue weighted by molar-refractivity contribution is 6.38. The molecule has 3 fully saturated rings. The lowest BCUT2D eigenvalue weighted by Crippen LogP contribution is -2.40. The molecule has 5 heteroatoms. The molecule has 1 aliphatic heterocycles. The van der Waals surface area contributed by atoms with E-state index < -0.39 is 0 Å². The number of halogens is 2. The fourth-order valence-electron chi connectivity index (χ4n) is 4.86. The second-order valence-electron chi connectivity index (χ2n) is 6.76. The van der Waals surface area contributed by atoms with Crippen LogP contribution in [0, 0.1) is 35.5 Å². The van der Waals surface area contributed by atoms with Gasteiger partial charge in [0.15, 0.2) is 0 Å². The largest absolute Gasteiger partial charge is 0.274 e. The quantitative estimate of drug-likeness (QED) is 0.582. The van der Waals surface area contributed by atoms with Crippen molar-refractivity contribution in [2.24, 2.45) is 35.5 Å². The predicted octanol–water partition coefficient (Wildman–Crippen LogP) is 3.55. The molecule has 112 valence electrons. The molecule has 5 aliphatic rings. The molecule has 1 saturated heterocycles. The smallest absolute Gasteiger partial charge is 0.238 e. The van der Waals surface area contributed by atoms with Gasteiger partial charge in [-0.2, -0.15) is 0 Å². The zero-order valence-electron chi connectivity index (χ0n) is 11.6. The summed E-state index contributed by atoms with van der Waals surface area (Å²) in [6, 6.07) is 4.90. The first kappa shape index (κ1) is 13.1. The molecule has 0 aromatic heterocycles. The summed E-state index contributed by atoms with van der Waals surface area (Å²) in [5.74, 6) is 1.09. The van der Waals surface area contributed by atoms with Crippen molar-refractivity contribution in [3.8, 4) is 0 Å². The molecule has 3 nitrogen and oxygen atoms in total. The van der Waals surface area contributed by atoms with Crippen LogP contribution >= 0.6 is 23.2 Å². The standard InChI is InChI=1S/C17H13Cl2NO2/c18-7-1-4-13(12(19)5-7)20-16(21)14-8-2-3-9(11-6-10(8)11)15(14)17(20)22/h1-5,8-11,14-15H,6H2. The Morgan fingerprint density at radius 2 is 1.55 bits per heavy atom. The molecule has 1 aromatic carbocycles. The molecule has 2 saturated carbocycles. The summed E-state index contributed by atoms with van der Waals surface area (Å²) in [5.41, 5.74) is 0.462. The Labute approximate surface area is 137 Å². The van der Waals surface area contributed by atoms with Crippen molar-refractivity contribution in [3.63, 3.8) is 0 Å². The Bertz CT molecular complexity index is 723. The Kier molecular flexibility index (Phi) is 2.48. The number of imide groups is 1. The first-order valence-corrected chi connectivity index (χ1v) is 8.34. The summed E-state index contributed by atoms with van der Waals surface area (Å²) in [5, 5.41) is 0.839. The minimum absolute atomic E-state index is 0.0936. The van der Waals surface area contributed by atoms with Crippen LogP contribution in [0.2, 0.25) is 10.0 Å². The zero-order valence-corrected chi connectivity index (χ0v) is 13.1. The van der Waals surface area contributed by atoms with E-state index in [4.69, 9.17) is 23.2 Å². The first-order chi connectivity index (χ1) is 10.6. The van der Waals surface area contributed by atoms with Crippen LogP contribution in [0.5, 0.6) is 0 Å². The molecule has 22 heavy (non-hydrogen) atoms. The second kappa shape index (κ2) is 4.15. The van der Waals surface area contributed by atoms with Crippen LogP contribution in [0.1, 0.15) is 6.42 Å². The highest BCUT2D eigenvalue weighted by atomic mass is 35.5. The summed E-state index contributed by atoms with van der Waals surface area (Å²) < 4.78 is 0. The highest BCUT2D eigenvalue weighted by Gasteiger charge is 2.67. The van der Waals surface area contributed by atoms with Crippen LogP contribution in [-0.4, -0.2) is 11.8 Å². The molecular weight excluding hydrogens is 321 g/mol. The van der Waals surface area contributed by atoms with Crippen LogP contribution in [0.15, 0.2) is 30.4 Å². The summed E-state index contributed by atoms with van der Waals surface area (Å²) in [4.78, 5) is 27.1. The van der Waals surface area contributed by atoms with Gasteiger partial charge in [0, 0.05) is 5.02 Å². The van der Waals surface area contributed by atoms with E-state index in [0.29, 0.717) is 27.6 Å². The third-order valence-corrected chi connectivity index (χ3v) is 6.35. The molecule has 6 unspecified atom stereocenters. The third kappa shape index (κ3) is 1.49. The van der Waals surface area contributed by atoms with Gasteiger partial charge in [0.05, 0.1) is 22.5 Å². The molecule has 1 heterocycles. The van der Waals surface area contributed by atoms with Crippen LogP contribution in [0.3, 0.4) is 0 Å². The van der Waals surface area contributed by atoms with E-state index in [9.17, 15) is 9.59 Å². The van der Waals surface area contributed by atoms with Gasteiger partial charge in [0.1, 0.15) is 0 Å². The number of nitrogens with zero attached hydrogens (tertiary/aromatic N) is 1. The topological polar surface area (TPSA) is 37.4 Å². The van der Waals surface area contributed by atoms with E-state index >= 15 is 0 Å². The van der Waals surface area contributed by atoms with E-state index in [1.54, 1.807) is 18.2 Å². The summed E-state index contributed by atoms with van der Waals surface area (Å²) in [6.45, 7) is 0. The van der Waals surface area contributed by atoms with Gasteiger partial charge in [-0.1, -0.05) is 35.4 Å². The van der Waals surface area contributed by atoms with Crippen LogP contribution in [0.25, 0.3) is 0 Å². The van der Waals surface area contributed by atoms with Crippen LogP contribution in [0.4, 0.5) is 5.69 Å². The summed E-state index contributed by atoms with van der Waals surface area (Å²) >= 11 is 12.1. The van der Waals surface area contributed by atoms with Gasteiger partial charge >= 0.3 is 0 Å². The minimum Gasteiger partial charge on any atom is -0.274 e. The number of anilines is 1. The number of amides is 2. The second-order valence-corrected chi connectivity index (χ2v) is 7.61. The monoisotopic (exact) mass is 333 g/mol. The molecule has 6 rings (SSSR count). The fourth-order valence-corrected chi connectivity index (χ4v) is 5.35. The fraction of sp³-hybridized carbons (Fsp3) is 0.412. The third-order valence-electron chi connectivity index (χ3n) is 5.81. The predicted molar refractivity (Wildman–Crippen MR) is 83.7 cm³/mol. The Balaban J connectivity index is 1.60. The number of hydrogen-bond acceptors (Lipinski definition) is 2. The molecule has 2 amide bonds. The molecule has 4 aliphatic carbocycles. The van der Waals surface area contributed by atoms with Gasteiger partial charge in [0.2, 0.25) is 11.8 Å². The molecule has 1 aromatic rings. The number of benzene rings is 1. The van der Waals surface area contributed by atoms with Crippen molar-refractivity contribution >= 4 is 40.7 Å². The maximum absolute atomic E-state index is 12.9. The van der Waals surface area contributed by atoms with E-state index in [2.05, 4.69) is 12.2 Å². The van der Waals surface area contributed by atoms with Gasteiger partial charge in [-0.3, -0.25) is 9.59 Å². The van der Waals surface area contributed by atoms with E-state index in [1.165, 1.54) is 4.90 Å². The van der Waals surface area contributed by atoms with Crippen molar-refractivity contribution < 1.29 is 9.59 Å². The van der Waals surface area contributed by atoms with E-state index in [0.717, 1.165) is 6.42 Å². The minimum atomic E-state index is -0.196. The first-order valence-electron chi connectivity index (χ1n) is 7.59. The normalized spacial score (nSPS) is 40.9. The summed E-state index contributed by atoms with van der Waals surface area (Å²) in [7, 11) is 0. The maximum atomic E-state index is 12.9. The van der Waals surface area contributed by atoms with Gasteiger partial charge in [-0.05, 0) is 48.3 Å². The van der Waals surface area contributed by atoms with Crippen molar-refractivity contribution in [1.29, 1.82) is 0 Å². The zero-order chi connectivity index (χ0) is 15.2. The van der Waals surface area contributed by atoms with Gasteiger partial charge in [0.25, 0.3) is 0 Å². The van der Waals surface area contributed by atoms with Gasteiger partial charge in [-0.25, -0.2) is 4.90 Å². The van der Waals surface area contributed by atoms with Gasteiger partial charge in [-0.15, -0.1) is 0 Å². The van der Waals surface area contributed by atoms with E-state index in [1.807, 2.05) is 0 Å². The number of carbonyl (C=O) groups excluding carboxylic acids is 2. The molecular formula is C17H13Cl2NO2. The highest BCUT2D eigenvalue weighted by Crippen LogP contribution is 2.65. The van der Waals surface area contributed by atoms with Crippen molar-refractivity contribution in [2.45, 2.75) is 6.42 Å². The molecule has 0 spiro atoms. The number of rotatable bonds is 1. The Morgan fingerprint density at radius 1 is 0.955 bits per heavy atom. The van der Waals surface area contributed by atoms with Crippen molar-refractivity contribution in [2.75, 3.05) is 4.90 Å². The lowest BCUT2D eigenvalue weighted by atomic mass is 9.63.